The van der Waals surface area contributed by atoms with E-state index in [0.29, 0.717) is 23.7 Å². The van der Waals surface area contributed by atoms with Crippen LogP contribution in [0, 0.1) is 0 Å². The van der Waals surface area contributed by atoms with Crippen LogP contribution >= 0.6 is 11.6 Å². The topological polar surface area (TPSA) is 87.6 Å². The third kappa shape index (κ3) is 6.60. The van der Waals surface area contributed by atoms with E-state index in [1.54, 1.807) is 46.9 Å². The Labute approximate surface area is 256 Å². The minimum atomic E-state index is -4.70. The molecule has 44 heavy (non-hydrogen) atoms. The van der Waals surface area contributed by atoms with Gasteiger partial charge in [0.15, 0.2) is 0 Å². The minimum Gasteiger partial charge on any atom is -0.395 e. The fourth-order valence-electron chi connectivity index (χ4n) is 5.37. The largest absolute Gasteiger partial charge is 0.417 e. The Balaban J connectivity index is 1.73. The van der Waals surface area contributed by atoms with Gasteiger partial charge in [0.2, 0.25) is 0 Å². The molecule has 0 saturated carbocycles. The van der Waals surface area contributed by atoms with Crippen LogP contribution in [0.4, 0.5) is 49.1 Å². The van der Waals surface area contributed by atoms with Gasteiger partial charge in [-0.15, -0.1) is 0 Å². The number of nitrogens with zero attached hydrogens (tertiary/aromatic N) is 4. The normalized spacial score (nSPS) is 19.0. The Bertz CT molecular complexity index is 1560. The maximum absolute atomic E-state index is 13.6. The summed E-state index contributed by atoms with van der Waals surface area (Å²) in [5.74, 6) is 0.396. The first kappa shape index (κ1) is 33.7. The van der Waals surface area contributed by atoms with E-state index in [2.05, 4.69) is 0 Å². The number of aliphatic hydroxyl groups excluding tert-OH is 1. The second-order valence-corrected chi connectivity index (χ2v) is 12.6. The monoisotopic (exact) mass is 668 g/mol. The number of benzene rings is 2. The first-order chi connectivity index (χ1) is 20.4. The molecule has 0 saturated heterocycles. The third-order valence-electron chi connectivity index (χ3n) is 7.68. The number of aliphatic hydroxyl groups is 1. The van der Waals surface area contributed by atoms with E-state index in [1.807, 2.05) is 0 Å². The van der Waals surface area contributed by atoms with E-state index in [9.17, 15) is 44.4 Å². The van der Waals surface area contributed by atoms with Gasteiger partial charge in [-0.25, -0.2) is 0 Å². The summed E-state index contributed by atoms with van der Waals surface area (Å²) in [4.78, 5) is 6.52. The summed E-state index contributed by atoms with van der Waals surface area (Å²) in [7, 11) is -2.76. The number of rotatable bonds is 9. The molecule has 2 N–H and O–H groups in total. The van der Waals surface area contributed by atoms with E-state index in [-0.39, 0.29) is 37.5 Å². The molecule has 2 aliphatic heterocycles. The van der Waals surface area contributed by atoms with Crippen LogP contribution in [0.15, 0.2) is 54.4 Å². The Hall–Kier alpha value is -3.14. The Morgan fingerprint density at radius 3 is 2.20 bits per heavy atom. The zero-order chi connectivity index (χ0) is 32.8. The molecular formula is C28H31ClF6N4O4S. The van der Waals surface area contributed by atoms with Gasteiger partial charge >= 0.3 is 12.4 Å². The van der Waals surface area contributed by atoms with Gasteiger partial charge in [-0.3, -0.25) is 4.55 Å². The molecule has 0 amide bonds. The van der Waals surface area contributed by atoms with Crippen LogP contribution in [0.5, 0.6) is 0 Å². The smallest absolute Gasteiger partial charge is 0.395 e. The zero-order valence-corrected chi connectivity index (χ0v) is 25.4. The summed E-state index contributed by atoms with van der Waals surface area (Å²) in [5.41, 5.74) is -0.630. The average Bonchev–Trinajstić information content (AvgIpc) is 3.35. The molecule has 0 aromatic heterocycles. The Kier molecular flexibility index (Phi) is 9.46. The van der Waals surface area contributed by atoms with Gasteiger partial charge in [0.1, 0.15) is 12.0 Å². The van der Waals surface area contributed by atoms with Crippen molar-refractivity contribution in [1.82, 2.24) is 0 Å². The van der Waals surface area contributed by atoms with Crippen molar-refractivity contribution < 1.29 is 44.4 Å². The SMILES string of the molecule is CCN1c2cc(Cl)c(C(F)(F)F)cc2N(CCO)C1C=CC=C1N(C)c2ccc(C(F)(F)F)cc2N1CCC(C)S(=O)(=O)O. The first-order valence-electron chi connectivity index (χ1n) is 13.5. The molecule has 2 heterocycles. The molecular weight excluding hydrogens is 638 g/mol. The molecule has 2 aromatic carbocycles. The highest BCUT2D eigenvalue weighted by Crippen LogP contribution is 2.47. The van der Waals surface area contributed by atoms with Crippen LogP contribution in [0.3, 0.4) is 0 Å². The summed E-state index contributed by atoms with van der Waals surface area (Å²) in [5, 5.41) is 8.07. The highest BCUT2D eigenvalue weighted by atomic mass is 35.5. The number of fused-ring (bicyclic) bond motifs is 2. The van der Waals surface area contributed by atoms with Gasteiger partial charge in [0, 0.05) is 26.7 Å². The van der Waals surface area contributed by atoms with Crippen molar-refractivity contribution in [3.8, 4) is 0 Å². The highest BCUT2D eigenvalue weighted by molar-refractivity contribution is 7.86. The first-order valence-corrected chi connectivity index (χ1v) is 15.4. The maximum atomic E-state index is 13.6. The number of hydrogen-bond acceptors (Lipinski definition) is 7. The van der Waals surface area contributed by atoms with Crippen molar-refractivity contribution in [2.75, 3.05) is 52.9 Å². The summed E-state index contributed by atoms with van der Waals surface area (Å²) in [6.07, 6.45) is -5.21. The van der Waals surface area contributed by atoms with Gasteiger partial charge in [-0.2, -0.15) is 34.8 Å². The maximum Gasteiger partial charge on any atom is 0.417 e. The fourth-order valence-corrected chi connectivity index (χ4v) is 6.04. The fraction of sp³-hybridized carbons (Fsp3) is 0.429. The van der Waals surface area contributed by atoms with Crippen molar-refractivity contribution >= 4 is 44.5 Å². The van der Waals surface area contributed by atoms with E-state index in [4.69, 9.17) is 11.6 Å². The second-order valence-electron chi connectivity index (χ2n) is 10.4. The molecule has 2 aliphatic rings. The predicted octanol–water partition coefficient (Wildman–Crippen LogP) is 6.36. The molecule has 2 aromatic rings. The molecule has 2 atom stereocenters. The molecule has 0 aliphatic carbocycles. The molecule has 0 bridgehead atoms. The molecule has 8 nitrogen and oxygen atoms in total. The van der Waals surface area contributed by atoms with Gasteiger partial charge in [0.05, 0.1) is 50.8 Å². The molecule has 0 spiro atoms. The summed E-state index contributed by atoms with van der Waals surface area (Å²) >= 11 is 6.00. The van der Waals surface area contributed by atoms with Crippen molar-refractivity contribution in [3.63, 3.8) is 0 Å². The van der Waals surface area contributed by atoms with E-state index >= 15 is 0 Å². The molecule has 4 rings (SSSR count). The number of likely N-dealkylation sites (N-methyl/N-ethyl adjacent to an activating group) is 1. The van der Waals surface area contributed by atoms with Crippen LogP contribution in [0.25, 0.3) is 0 Å². The lowest BCUT2D eigenvalue weighted by Crippen LogP contribution is -2.43. The molecule has 242 valence electrons. The highest BCUT2D eigenvalue weighted by Gasteiger charge is 2.40. The Morgan fingerprint density at radius 2 is 1.64 bits per heavy atom. The van der Waals surface area contributed by atoms with E-state index in [0.717, 1.165) is 18.2 Å². The molecule has 2 unspecified atom stereocenters. The van der Waals surface area contributed by atoms with Gasteiger partial charge in [-0.05, 0) is 62.8 Å². The van der Waals surface area contributed by atoms with Gasteiger partial charge in [0.25, 0.3) is 10.1 Å². The number of allylic oxidation sites excluding steroid dienone is 2. The van der Waals surface area contributed by atoms with Crippen LogP contribution in [-0.4, -0.2) is 62.8 Å². The van der Waals surface area contributed by atoms with E-state index in [1.165, 1.54) is 24.0 Å². The number of alkyl halides is 6. The molecule has 0 fully saturated rings. The summed E-state index contributed by atoms with van der Waals surface area (Å²) in [6, 6.07) is 5.39. The lowest BCUT2D eigenvalue weighted by Gasteiger charge is -2.30. The number of anilines is 4. The molecule has 16 heteroatoms. The Morgan fingerprint density at radius 1 is 0.977 bits per heavy atom. The zero-order valence-electron chi connectivity index (χ0n) is 23.9. The molecule has 0 radical (unpaired) electrons. The summed E-state index contributed by atoms with van der Waals surface area (Å²) in [6.45, 7) is 3.05. The standard InChI is InChI=1S/C28H31ClF6N4O4S/c1-4-37-24-16-20(29)19(28(33,34)35)15-23(24)39(12-13-40)26(37)7-5-6-25-36(3)21-9-8-18(27(30,31)32)14-22(21)38(25)11-10-17(2)44(41,42)43/h5-9,14-17,26,40H,4,10-13H2,1-3H3,(H,41,42,43). The van der Waals surface area contributed by atoms with Crippen LogP contribution in [-0.2, 0) is 22.5 Å². The van der Waals surface area contributed by atoms with Crippen molar-refractivity contribution in [1.29, 1.82) is 0 Å². The van der Waals surface area contributed by atoms with Crippen LogP contribution in [0.1, 0.15) is 31.4 Å². The average molecular weight is 669 g/mol. The minimum absolute atomic E-state index is 0.000776. The lowest BCUT2D eigenvalue weighted by molar-refractivity contribution is -0.138. The van der Waals surface area contributed by atoms with Crippen molar-refractivity contribution in [2.24, 2.45) is 0 Å². The van der Waals surface area contributed by atoms with Crippen LogP contribution < -0.4 is 19.6 Å². The van der Waals surface area contributed by atoms with Crippen molar-refractivity contribution in [3.05, 3.63) is 70.5 Å². The predicted molar refractivity (Wildman–Crippen MR) is 158 cm³/mol. The van der Waals surface area contributed by atoms with Gasteiger partial charge in [-0.1, -0.05) is 17.7 Å². The van der Waals surface area contributed by atoms with Gasteiger partial charge < -0.3 is 24.7 Å². The third-order valence-corrected chi connectivity index (χ3v) is 9.25. The number of halogens is 7. The lowest BCUT2D eigenvalue weighted by atomic mass is 10.1. The van der Waals surface area contributed by atoms with Crippen molar-refractivity contribution in [2.45, 2.75) is 44.0 Å². The second kappa shape index (κ2) is 12.3. The number of β-amino-alcohol motifs (C(OH)–C–C–N with tert-alkyl or cyclic N) is 1. The van der Waals surface area contributed by atoms with E-state index < -0.39 is 50.0 Å². The quantitative estimate of drug-likeness (QED) is 0.236. The van der Waals surface area contributed by atoms with Crippen LogP contribution in [0.2, 0.25) is 5.02 Å². The summed E-state index contributed by atoms with van der Waals surface area (Å²) < 4.78 is 114. The number of hydrogen-bond donors (Lipinski definition) is 2.